The van der Waals surface area contributed by atoms with Crippen molar-refractivity contribution in [2.45, 2.75) is 9.10 Å². The zero-order chi connectivity index (χ0) is 7.56. The van der Waals surface area contributed by atoms with Gasteiger partial charge in [-0.05, 0) is 28.4 Å². The van der Waals surface area contributed by atoms with Gasteiger partial charge in [0.1, 0.15) is 0 Å². The number of hydrogen-bond donors (Lipinski definition) is 0. The highest BCUT2D eigenvalue weighted by Gasteiger charge is 2.06. The maximum absolute atomic E-state index is 3.49. The highest BCUT2D eigenvalue weighted by molar-refractivity contribution is 9.10. The molecule has 56 valence electrons. The molecule has 0 aliphatic carbocycles. The first-order valence-corrected chi connectivity index (χ1v) is 6.76. The predicted octanol–water partition coefficient (Wildman–Crippen LogP) is 3.95. The van der Waals surface area contributed by atoms with E-state index in [1.54, 1.807) is 23.1 Å². The number of thiophene rings is 1. The van der Waals surface area contributed by atoms with Crippen molar-refractivity contribution in [3.8, 4) is 0 Å². The van der Waals surface area contributed by atoms with Crippen LogP contribution in [-0.4, -0.2) is 12.5 Å². The van der Waals surface area contributed by atoms with Crippen LogP contribution < -0.4 is 0 Å². The Morgan fingerprint density at radius 2 is 2.10 bits per heavy atom. The third kappa shape index (κ3) is 1.72. The van der Waals surface area contributed by atoms with E-state index in [-0.39, 0.29) is 0 Å². The number of hydrogen-bond acceptors (Lipinski definition) is 3. The number of thioether (sulfide) groups is 2. The van der Waals surface area contributed by atoms with Gasteiger partial charge in [0, 0.05) is 14.7 Å². The molecular weight excluding hydrogens is 248 g/mol. The molecule has 0 bridgehead atoms. The summed E-state index contributed by atoms with van der Waals surface area (Å²) in [4.78, 5) is 1.37. The molecule has 1 rings (SSSR count). The van der Waals surface area contributed by atoms with Gasteiger partial charge < -0.3 is 0 Å². The topological polar surface area (TPSA) is 0 Å². The largest absolute Gasteiger partial charge is 0.135 e. The van der Waals surface area contributed by atoms with Crippen molar-refractivity contribution in [1.82, 2.24) is 0 Å². The van der Waals surface area contributed by atoms with Gasteiger partial charge in [0.2, 0.25) is 0 Å². The molecule has 0 atom stereocenters. The zero-order valence-electron chi connectivity index (χ0n) is 5.68. The summed E-state index contributed by atoms with van der Waals surface area (Å²) >= 11 is 8.89. The zero-order valence-corrected chi connectivity index (χ0v) is 9.72. The lowest BCUT2D eigenvalue weighted by atomic mass is 10.7. The summed E-state index contributed by atoms with van der Waals surface area (Å²) in [7, 11) is 0. The van der Waals surface area contributed by atoms with Crippen LogP contribution in [0.5, 0.6) is 0 Å². The molecule has 0 saturated heterocycles. The fraction of sp³-hybridized carbons (Fsp3) is 0.333. The molecule has 0 spiro atoms. The Hall–Kier alpha value is 0.880. The summed E-state index contributed by atoms with van der Waals surface area (Å²) in [5.41, 5.74) is 0. The first kappa shape index (κ1) is 8.97. The summed E-state index contributed by atoms with van der Waals surface area (Å²) in [6.07, 6.45) is 4.21. The Morgan fingerprint density at radius 1 is 1.40 bits per heavy atom. The highest BCUT2D eigenvalue weighted by atomic mass is 79.9. The van der Waals surface area contributed by atoms with Crippen LogP contribution in [0.15, 0.2) is 19.0 Å². The molecular formula is C6H7BrS3. The van der Waals surface area contributed by atoms with E-state index in [1.165, 1.54) is 13.6 Å². The quantitative estimate of drug-likeness (QED) is 0.734. The molecule has 1 heterocycles. The van der Waals surface area contributed by atoms with Gasteiger partial charge in [-0.2, -0.15) is 0 Å². The Bertz CT molecular complexity index is 219. The van der Waals surface area contributed by atoms with Crippen LogP contribution in [0, 0.1) is 0 Å². The van der Waals surface area contributed by atoms with Gasteiger partial charge in [-0.15, -0.1) is 34.9 Å². The van der Waals surface area contributed by atoms with E-state index in [0.717, 1.165) is 0 Å². The van der Waals surface area contributed by atoms with Gasteiger partial charge in [-0.25, -0.2) is 0 Å². The summed E-state index contributed by atoms with van der Waals surface area (Å²) < 4.78 is 2.63. The average molecular weight is 255 g/mol. The van der Waals surface area contributed by atoms with E-state index < -0.39 is 0 Å². The second-order valence-electron chi connectivity index (χ2n) is 1.61. The molecule has 4 heteroatoms. The molecule has 0 unspecified atom stereocenters. The molecule has 0 fully saturated rings. The van der Waals surface area contributed by atoms with E-state index in [1.807, 2.05) is 11.8 Å². The van der Waals surface area contributed by atoms with Crippen LogP contribution in [0.3, 0.4) is 0 Å². The van der Waals surface area contributed by atoms with E-state index in [4.69, 9.17) is 0 Å². The first-order chi connectivity index (χ1) is 4.79. The summed E-state index contributed by atoms with van der Waals surface area (Å²) in [6.45, 7) is 0. The second-order valence-corrected chi connectivity index (χ2v) is 5.23. The van der Waals surface area contributed by atoms with E-state index in [2.05, 4.69) is 33.8 Å². The fourth-order valence-electron chi connectivity index (χ4n) is 0.631. The minimum atomic E-state index is 1.23. The molecule has 0 radical (unpaired) electrons. The minimum absolute atomic E-state index is 1.23. The van der Waals surface area contributed by atoms with Crippen molar-refractivity contribution in [3.63, 3.8) is 0 Å². The lowest BCUT2D eigenvalue weighted by Gasteiger charge is -1.94. The fourth-order valence-corrected chi connectivity index (χ4v) is 4.62. The Labute approximate surface area is 81.9 Å². The van der Waals surface area contributed by atoms with Crippen molar-refractivity contribution >= 4 is 50.8 Å². The third-order valence-corrected chi connectivity index (χ3v) is 5.48. The predicted molar refractivity (Wildman–Crippen MR) is 55.6 cm³/mol. The molecule has 1 aromatic heterocycles. The van der Waals surface area contributed by atoms with Crippen molar-refractivity contribution < 1.29 is 0 Å². The van der Waals surface area contributed by atoms with Crippen molar-refractivity contribution in [2.75, 3.05) is 12.5 Å². The van der Waals surface area contributed by atoms with Gasteiger partial charge in [0.15, 0.2) is 0 Å². The van der Waals surface area contributed by atoms with Crippen molar-refractivity contribution in [3.05, 3.63) is 9.85 Å². The maximum atomic E-state index is 3.49. The van der Waals surface area contributed by atoms with Gasteiger partial charge in [-0.3, -0.25) is 0 Å². The smallest absolute Gasteiger partial charge is 0.0743 e. The van der Waals surface area contributed by atoms with Crippen LogP contribution in [0.25, 0.3) is 0 Å². The molecule has 1 aromatic rings. The molecule has 0 saturated carbocycles. The van der Waals surface area contributed by atoms with Crippen LogP contribution >= 0.6 is 50.8 Å². The Balaban J connectivity index is 3.01. The molecule has 0 N–H and O–H groups in total. The lowest BCUT2D eigenvalue weighted by molar-refractivity contribution is 1.37. The Morgan fingerprint density at radius 3 is 2.50 bits per heavy atom. The van der Waals surface area contributed by atoms with Crippen molar-refractivity contribution in [2.24, 2.45) is 0 Å². The normalized spacial score (nSPS) is 10.3. The van der Waals surface area contributed by atoms with E-state index in [9.17, 15) is 0 Å². The SMILES string of the molecule is CSc1scc(Br)c1SC. The molecule has 10 heavy (non-hydrogen) atoms. The average Bonchev–Trinajstić information content (AvgIpc) is 2.30. The second kappa shape index (κ2) is 4.04. The van der Waals surface area contributed by atoms with Gasteiger partial charge >= 0.3 is 0 Å². The monoisotopic (exact) mass is 254 g/mol. The summed E-state index contributed by atoms with van der Waals surface area (Å²) in [5, 5.41) is 2.14. The Kier molecular flexibility index (Phi) is 3.63. The number of halogens is 1. The van der Waals surface area contributed by atoms with Crippen LogP contribution in [0.2, 0.25) is 0 Å². The van der Waals surface area contributed by atoms with Crippen molar-refractivity contribution in [1.29, 1.82) is 0 Å². The third-order valence-electron chi connectivity index (χ3n) is 1.06. The molecule has 0 aliphatic rings. The highest BCUT2D eigenvalue weighted by Crippen LogP contribution is 2.39. The maximum Gasteiger partial charge on any atom is 0.0743 e. The first-order valence-electron chi connectivity index (χ1n) is 2.64. The van der Waals surface area contributed by atoms with Gasteiger partial charge in [0.25, 0.3) is 0 Å². The molecule has 0 nitrogen and oxygen atoms in total. The van der Waals surface area contributed by atoms with E-state index >= 15 is 0 Å². The molecule has 0 amide bonds. The van der Waals surface area contributed by atoms with E-state index in [0.29, 0.717) is 0 Å². The van der Waals surface area contributed by atoms with Crippen LogP contribution in [0.4, 0.5) is 0 Å². The number of rotatable bonds is 2. The van der Waals surface area contributed by atoms with Gasteiger partial charge in [0.05, 0.1) is 4.21 Å². The lowest BCUT2D eigenvalue weighted by Crippen LogP contribution is -1.65. The molecule has 0 aliphatic heterocycles. The minimum Gasteiger partial charge on any atom is -0.135 e. The van der Waals surface area contributed by atoms with Gasteiger partial charge in [-0.1, -0.05) is 0 Å². The standard InChI is InChI=1S/C6H7BrS3/c1-8-5-4(7)3-10-6(5)9-2/h3H,1-2H3. The summed E-state index contributed by atoms with van der Waals surface area (Å²) in [5.74, 6) is 0. The van der Waals surface area contributed by atoms with Crippen LogP contribution in [-0.2, 0) is 0 Å². The van der Waals surface area contributed by atoms with Crippen LogP contribution in [0.1, 0.15) is 0 Å². The summed E-state index contributed by atoms with van der Waals surface area (Å²) in [6, 6.07) is 0. The molecule has 0 aromatic carbocycles.